The minimum Gasteiger partial charge on any atom is -0.369 e. The molecule has 3 N–H and O–H groups in total. The number of nitrogens with two attached hydrogens (primary N) is 1. The van der Waals surface area contributed by atoms with Crippen LogP contribution in [0.4, 0.5) is 5.69 Å². The Balaban J connectivity index is 0.000000315. The third-order valence-corrected chi connectivity index (χ3v) is 5.44. The van der Waals surface area contributed by atoms with Crippen LogP contribution in [-0.4, -0.2) is 64.6 Å². The molecule has 1 aromatic rings. The summed E-state index contributed by atoms with van der Waals surface area (Å²) < 4.78 is 0. The highest BCUT2D eigenvalue weighted by Gasteiger charge is 2.23. The molecule has 0 aromatic carbocycles. The minimum atomic E-state index is -0.146. The van der Waals surface area contributed by atoms with Crippen molar-refractivity contribution in [2.45, 2.75) is 32.7 Å². The standard InChI is InChI=1S/C13H23N3S.C10H11N3O.H2/c1-4-5-12(10-11(2)3)15-6-8-16(9-7-15)13(14)17;1-7(14)13-6-4-8(11)10-9(13)3-2-5-12-10;/h4-5,10,13,17H,2,6-9,14H2,1,3H3;2-3,5,11H,4,6H2,1H3;1H/b5-4+,12-10+;;. The molecule has 1 aromatic heterocycles. The van der Waals surface area contributed by atoms with Gasteiger partial charge < -0.3 is 20.9 Å². The van der Waals surface area contributed by atoms with Gasteiger partial charge in [-0.05, 0) is 38.1 Å². The molecule has 0 spiro atoms. The number of nitrogens with zero attached hydrogens (tertiary/aromatic N) is 4. The highest BCUT2D eigenvalue weighted by atomic mass is 32.1. The molecule has 3 heterocycles. The molecule has 1 unspecified atom stereocenters. The number of carbonyl (C=O) groups is 1. The molecule has 8 heteroatoms. The normalized spacial score (nSPS) is 18.4. The van der Waals surface area contributed by atoms with Gasteiger partial charge in [-0.15, -0.1) is 12.6 Å². The lowest BCUT2D eigenvalue weighted by Gasteiger charge is -2.38. The Morgan fingerprint density at radius 2 is 2.00 bits per heavy atom. The van der Waals surface area contributed by atoms with E-state index in [2.05, 4.69) is 52.2 Å². The molecule has 0 radical (unpaired) electrons. The van der Waals surface area contributed by atoms with Crippen molar-refractivity contribution in [1.82, 2.24) is 14.8 Å². The van der Waals surface area contributed by atoms with E-state index >= 15 is 0 Å². The zero-order chi connectivity index (χ0) is 23.0. The van der Waals surface area contributed by atoms with Crippen LogP contribution in [0, 0.1) is 5.41 Å². The van der Waals surface area contributed by atoms with E-state index < -0.39 is 0 Å². The van der Waals surface area contributed by atoms with Crippen LogP contribution >= 0.6 is 12.6 Å². The van der Waals surface area contributed by atoms with Crippen LogP contribution in [0.3, 0.4) is 0 Å². The van der Waals surface area contributed by atoms with Crippen molar-refractivity contribution in [2.24, 2.45) is 5.73 Å². The van der Waals surface area contributed by atoms with Crippen molar-refractivity contribution in [1.29, 1.82) is 5.41 Å². The number of hydrogen-bond acceptors (Lipinski definition) is 7. The second-order valence-corrected chi connectivity index (χ2v) is 8.15. The lowest BCUT2D eigenvalue weighted by atomic mass is 10.1. The number of nitrogens with one attached hydrogen (secondary N) is 1. The van der Waals surface area contributed by atoms with Crippen molar-refractivity contribution in [3.8, 4) is 0 Å². The SMILES string of the molecule is C=C(C)/C=C(\C=C\C)N1CCN(C(N)S)CC1.CC(=O)N1CCC(=N)c2ncccc21.[HH]. The topological polar surface area (TPSA) is 89.5 Å². The van der Waals surface area contributed by atoms with Gasteiger partial charge in [-0.1, -0.05) is 18.2 Å². The first-order valence-corrected chi connectivity index (χ1v) is 11.0. The molecule has 1 saturated heterocycles. The molecule has 1 amide bonds. The van der Waals surface area contributed by atoms with Crippen LogP contribution in [0.2, 0.25) is 0 Å². The number of carbonyl (C=O) groups excluding carboxylic acids is 1. The van der Waals surface area contributed by atoms with E-state index in [1.54, 1.807) is 17.2 Å². The van der Waals surface area contributed by atoms with Crippen molar-refractivity contribution in [3.63, 3.8) is 0 Å². The maximum Gasteiger partial charge on any atom is 0.223 e. The second kappa shape index (κ2) is 11.8. The Morgan fingerprint density at radius 1 is 1.32 bits per heavy atom. The number of rotatable bonds is 4. The average molecular weight is 445 g/mol. The lowest BCUT2D eigenvalue weighted by molar-refractivity contribution is -0.116. The summed E-state index contributed by atoms with van der Waals surface area (Å²) in [6, 6.07) is 3.62. The molecule has 7 nitrogen and oxygen atoms in total. The Bertz CT molecular complexity index is 862. The molecule has 170 valence electrons. The van der Waals surface area contributed by atoms with Gasteiger partial charge in [0.2, 0.25) is 5.91 Å². The van der Waals surface area contributed by atoms with Crippen LogP contribution < -0.4 is 10.6 Å². The number of pyridine rings is 1. The third-order valence-electron chi connectivity index (χ3n) is 5.11. The van der Waals surface area contributed by atoms with Crippen molar-refractivity contribution in [2.75, 3.05) is 37.6 Å². The van der Waals surface area contributed by atoms with Gasteiger partial charge in [-0.2, -0.15) is 0 Å². The summed E-state index contributed by atoms with van der Waals surface area (Å²) in [7, 11) is 0. The maximum absolute atomic E-state index is 11.3. The number of fused-ring (bicyclic) bond motifs is 1. The van der Waals surface area contributed by atoms with Gasteiger partial charge in [0.25, 0.3) is 0 Å². The third kappa shape index (κ3) is 7.05. The predicted octanol–water partition coefficient (Wildman–Crippen LogP) is 3.26. The van der Waals surface area contributed by atoms with Crippen LogP contribution in [0.15, 0.2) is 54.4 Å². The molecule has 0 bridgehead atoms. The van der Waals surface area contributed by atoms with E-state index in [9.17, 15) is 4.79 Å². The number of allylic oxidation sites excluding steroid dienone is 4. The van der Waals surface area contributed by atoms with Crippen molar-refractivity contribution in [3.05, 3.63) is 60.1 Å². The largest absolute Gasteiger partial charge is 0.369 e. The quantitative estimate of drug-likeness (QED) is 0.377. The molecule has 1 atom stereocenters. The Morgan fingerprint density at radius 3 is 2.55 bits per heavy atom. The zero-order valence-corrected chi connectivity index (χ0v) is 19.6. The summed E-state index contributed by atoms with van der Waals surface area (Å²) >= 11 is 4.26. The van der Waals surface area contributed by atoms with Gasteiger partial charge in [-0.25, -0.2) is 0 Å². The summed E-state index contributed by atoms with van der Waals surface area (Å²) in [5.41, 5.74) is 9.82. The average Bonchev–Trinajstić information content (AvgIpc) is 2.74. The summed E-state index contributed by atoms with van der Waals surface area (Å²) in [4.78, 5) is 21.6. The van der Waals surface area contributed by atoms with Gasteiger partial charge in [-0.3, -0.25) is 14.7 Å². The second-order valence-electron chi connectivity index (χ2n) is 7.62. The van der Waals surface area contributed by atoms with Gasteiger partial charge in [0.15, 0.2) is 0 Å². The highest BCUT2D eigenvalue weighted by Crippen LogP contribution is 2.24. The molecule has 1 fully saturated rings. The van der Waals surface area contributed by atoms with Crippen molar-refractivity contribution < 1.29 is 6.22 Å². The van der Waals surface area contributed by atoms with E-state index in [-0.39, 0.29) is 12.8 Å². The summed E-state index contributed by atoms with van der Waals surface area (Å²) in [6.45, 7) is 14.0. The van der Waals surface area contributed by atoms with Gasteiger partial charge in [0, 0.05) is 59.4 Å². The van der Waals surface area contributed by atoms with Crippen LogP contribution in [0.25, 0.3) is 0 Å². The molecule has 31 heavy (non-hydrogen) atoms. The molecular formula is C23H36N6OS. The molecule has 3 rings (SSSR count). The predicted molar refractivity (Wildman–Crippen MR) is 134 cm³/mol. The van der Waals surface area contributed by atoms with Crippen molar-refractivity contribution >= 4 is 29.9 Å². The fourth-order valence-electron chi connectivity index (χ4n) is 3.55. The minimum absolute atomic E-state index is 0. The van der Waals surface area contributed by atoms with Gasteiger partial charge in [0.05, 0.1) is 11.4 Å². The summed E-state index contributed by atoms with van der Waals surface area (Å²) in [6.07, 6.45) is 8.55. The summed E-state index contributed by atoms with van der Waals surface area (Å²) in [5, 5.41) is 7.70. The summed E-state index contributed by atoms with van der Waals surface area (Å²) in [5.74, 6) is 0.00625. The Hall–Kier alpha value is -2.42. The molecular weight excluding hydrogens is 408 g/mol. The Labute approximate surface area is 192 Å². The first kappa shape index (κ1) is 24.8. The molecule has 2 aliphatic heterocycles. The number of amides is 1. The van der Waals surface area contributed by atoms with E-state index in [1.165, 1.54) is 12.6 Å². The molecule has 2 aliphatic rings. The lowest BCUT2D eigenvalue weighted by Crippen LogP contribution is -2.50. The number of thiol groups is 1. The highest BCUT2D eigenvalue weighted by molar-refractivity contribution is 7.80. The maximum atomic E-state index is 11.3. The first-order valence-electron chi connectivity index (χ1n) is 10.5. The van der Waals surface area contributed by atoms with E-state index in [0.717, 1.165) is 37.4 Å². The van der Waals surface area contributed by atoms with E-state index in [0.29, 0.717) is 24.4 Å². The molecule has 0 aliphatic carbocycles. The molecule has 0 saturated carbocycles. The van der Waals surface area contributed by atoms with Gasteiger partial charge in [0.1, 0.15) is 11.2 Å². The monoisotopic (exact) mass is 444 g/mol. The van der Waals surface area contributed by atoms with Crippen LogP contribution in [0.5, 0.6) is 0 Å². The number of anilines is 1. The van der Waals surface area contributed by atoms with E-state index in [4.69, 9.17) is 11.1 Å². The fraction of sp³-hybridized carbons (Fsp3) is 0.435. The van der Waals surface area contributed by atoms with Crippen LogP contribution in [0.1, 0.15) is 34.3 Å². The number of aromatic nitrogens is 1. The van der Waals surface area contributed by atoms with Crippen LogP contribution in [-0.2, 0) is 4.79 Å². The first-order chi connectivity index (χ1) is 14.7. The van der Waals surface area contributed by atoms with E-state index in [1.807, 2.05) is 19.9 Å². The number of piperazine rings is 1. The number of hydrogen-bond donors (Lipinski definition) is 3. The zero-order valence-electron chi connectivity index (χ0n) is 18.7. The smallest absolute Gasteiger partial charge is 0.223 e. The fourth-order valence-corrected chi connectivity index (χ4v) is 3.78. The van der Waals surface area contributed by atoms with Gasteiger partial charge >= 0.3 is 0 Å². The Kier molecular flexibility index (Phi) is 9.48.